The van der Waals surface area contributed by atoms with E-state index in [2.05, 4.69) is 55.2 Å². The van der Waals surface area contributed by atoms with Gasteiger partial charge in [-0.05, 0) is 49.7 Å². The van der Waals surface area contributed by atoms with E-state index in [-0.39, 0.29) is 5.92 Å². The molecule has 0 saturated heterocycles. The number of aromatic nitrogens is 2. The van der Waals surface area contributed by atoms with Crippen LogP contribution in [0, 0.1) is 4.84 Å². The van der Waals surface area contributed by atoms with E-state index in [1.165, 1.54) is 30.4 Å². The first-order valence-corrected chi connectivity index (χ1v) is 8.33. The fourth-order valence-electron chi connectivity index (χ4n) is 3.14. The zero-order valence-corrected chi connectivity index (χ0v) is 14.3. The van der Waals surface area contributed by atoms with Crippen LogP contribution in [0.4, 0.5) is 0 Å². The third-order valence-electron chi connectivity index (χ3n) is 4.34. The lowest BCUT2D eigenvalue weighted by Crippen LogP contribution is -2.30. The summed E-state index contributed by atoms with van der Waals surface area (Å²) in [5.41, 5.74) is 2.91. The Bertz CT molecular complexity index is 704. The summed E-state index contributed by atoms with van der Waals surface area (Å²) in [6.07, 6.45) is 3.59. The number of fused-ring (bicyclic) bond motifs is 1. The van der Waals surface area contributed by atoms with Gasteiger partial charge in [0.1, 0.15) is 0 Å². The molecule has 4 nitrogen and oxygen atoms in total. The first-order chi connectivity index (χ1) is 10.6. The molecule has 0 N–H and O–H groups in total. The first kappa shape index (κ1) is 15.4. The highest BCUT2D eigenvalue weighted by Crippen LogP contribution is 2.33. The standard InChI is InChI=1S/C17H23N3OS/c1-12(2)16-18-20(17(22)21-16)11-19(3)15-10-6-8-13-7-4-5-9-14(13)15/h4-5,7,9,12,15H,6,8,10-11H2,1-3H3/t15-/m1/s1. The Kier molecular flexibility index (Phi) is 4.45. The van der Waals surface area contributed by atoms with Crippen molar-refractivity contribution in [1.29, 1.82) is 0 Å². The van der Waals surface area contributed by atoms with Crippen molar-refractivity contribution in [3.8, 4) is 0 Å². The maximum atomic E-state index is 5.57. The lowest BCUT2D eigenvalue weighted by Gasteiger charge is -2.32. The molecule has 0 fully saturated rings. The van der Waals surface area contributed by atoms with E-state index < -0.39 is 0 Å². The van der Waals surface area contributed by atoms with Crippen LogP contribution < -0.4 is 0 Å². The summed E-state index contributed by atoms with van der Waals surface area (Å²) in [7, 11) is 2.14. The van der Waals surface area contributed by atoms with Crippen molar-refractivity contribution in [3.63, 3.8) is 0 Å². The lowest BCUT2D eigenvalue weighted by atomic mass is 9.87. The SMILES string of the molecule is CC(C)c1nn(CN(C)[C@@H]2CCCc3ccccc32)c(=S)o1. The average molecular weight is 317 g/mol. The van der Waals surface area contributed by atoms with Crippen LogP contribution in [0.1, 0.15) is 55.7 Å². The predicted molar refractivity (Wildman–Crippen MR) is 89.3 cm³/mol. The molecule has 0 amide bonds. The molecule has 0 saturated carbocycles. The van der Waals surface area contributed by atoms with Gasteiger partial charge >= 0.3 is 0 Å². The summed E-state index contributed by atoms with van der Waals surface area (Å²) in [4.78, 5) is 2.78. The Hall–Kier alpha value is -1.46. The first-order valence-electron chi connectivity index (χ1n) is 7.92. The molecule has 22 heavy (non-hydrogen) atoms. The number of hydrogen-bond donors (Lipinski definition) is 0. The van der Waals surface area contributed by atoms with Crippen LogP contribution in [-0.4, -0.2) is 21.7 Å². The predicted octanol–water partition coefficient (Wildman–Crippen LogP) is 4.30. The maximum Gasteiger partial charge on any atom is 0.288 e. The highest BCUT2D eigenvalue weighted by atomic mass is 32.1. The van der Waals surface area contributed by atoms with Crippen LogP contribution in [0.5, 0.6) is 0 Å². The molecular formula is C17H23N3OS. The Morgan fingerprint density at radius 2 is 2.18 bits per heavy atom. The summed E-state index contributed by atoms with van der Waals surface area (Å²) in [5.74, 6) is 0.964. The molecule has 0 aliphatic heterocycles. The molecule has 0 radical (unpaired) electrons. The van der Waals surface area contributed by atoms with Gasteiger partial charge in [0.05, 0.1) is 6.67 Å². The molecule has 0 bridgehead atoms. The molecule has 1 heterocycles. The molecule has 2 aromatic rings. The van der Waals surface area contributed by atoms with Gasteiger partial charge in [-0.2, -0.15) is 0 Å². The minimum Gasteiger partial charge on any atom is -0.414 e. The highest BCUT2D eigenvalue weighted by molar-refractivity contribution is 7.71. The summed E-state index contributed by atoms with van der Waals surface area (Å²) in [6.45, 7) is 4.78. The highest BCUT2D eigenvalue weighted by Gasteiger charge is 2.24. The van der Waals surface area contributed by atoms with Gasteiger partial charge in [0.2, 0.25) is 5.89 Å². The lowest BCUT2D eigenvalue weighted by molar-refractivity contribution is 0.164. The topological polar surface area (TPSA) is 34.2 Å². The van der Waals surface area contributed by atoms with Crippen LogP contribution in [0.3, 0.4) is 0 Å². The minimum atomic E-state index is 0.253. The van der Waals surface area contributed by atoms with Crippen molar-refractivity contribution in [3.05, 3.63) is 46.1 Å². The normalized spacial score (nSPS) is 18.0. The van der Waals surface area contributed by atoms with Gasteiger partial charge in [-0.15, -0.1) is 5.10 Å². The Morgan fingerprint density at radius 3 is 2.91 bits per heavy atom. The second kappa shape index (κ2) is 6.34. The number of benzene rings is 1. The fourth-order valence-corrected chi connectivity index (χ4v) is 3.32. The van der Waals surface area contributed by atoms with Gasteiger partial charge in [-0.1, -0.05) is 38.1 Å². The van der Waals surface area contributed by atoms with Crippen molar-refractivity contribution in [2.24, 2.45) is 0 Å². The molecule has 3 rings (SSSR count). The summed E-state index contributed by atoms with van der Waals surface area (Å²) < 4.78 is 7.37. The van der Waals surface area contributed by atoms with Gasteiger partial charge in [0.15, 0.2) is 0 Å². The molecule has 1 atom stereocenters. The third-order valence-corrected chi connectivity index (χ3v) is 4.64. The zero-order chi connectivity index (χ0) is 15.7. The minimum absolute atomic E-state index is 0.253. The van der Waals surface area contributed by atoms with E-state index in [1.54, 1.807) is 4.68 Å². The van der Waals surface area contributed by atoms with Crippen LogP contribution in [0.2, 0.25) is 0 Å². The van der Waals surface area contributed by atoms with Gasteiger partial charge in [-0.3, -0.25) is 4.90 Å². The van der Waals surface area contributed by atoms with E-state index in [1.807, 2.05) is 0 Å². The largest absolute Gasteiger partial charge is 0.414 e. The molecule has 1 aliphatic carbocycles. The molecule has 1 aromatic heterocycles. The van der Waals surface area contributed by atoms with E-state index in [4.69, 9.17) is 16.6 Å². The van der Waals surface area contributed by atoms with E-state index in [0.29, 0.717) is 23.4 Å². The molecule has 1 aromatic carbocycles. The van der Waals surface area contributed by atoms with Crippen molar-refractivity contribution in [2.75, 3.05) is 7.05 Å². The van der Waals surface area contributed by atoms with Gasteiger partial charge in [0.25, 0.3) is 4.84 Å². The van der Waals surface area contributed by atoms with Gasteiger partial charge in [0, 0.05) is 12.0 Å². The molecular weight excluding hydrogens is 294 g/mol. The molecule has 0 spiro atoms. The Labute approximate surface area is 136 Å². The van der Waals surface area contributed by atoms with Crippen LogP contribution in [-0.2, 0) is 13.1 Å². The number of hydrogen-bond acceptors (Lipinski definition) is 4. The fraction of sp³-hybridized carbons (Fsp3) is 0.529. The Morgan fingerprint density at radius 1 is 1.41 bits per heavy atom. The maximum absolute atomic E-state index is 5.57. The summed E-state index contributed by atoms with van der Waals surface area (Å²) >= 11 is 5.30. The Balaban J connectivity index is 1.81. The van der Waals surface area contributed by atoms with Crippen molar-refractivity contribution in [2.45, 2.75) is 51.7 Å². The smallest absolute Gasteiger partial charge is 0.288 e. The van der Waals surface area contributed by atoms with E-state index in [0.717, 1.165) is 0 Å². The van der Waals surface area contributed by atoms with Crippen molar-refractivity contribution in [1.82, 2.24) is 14.7 Å². The third kappa shape index (κ3) is 3.01. The number of rotatable bonds is 4. The van der Waals surface area contributed by atoms with Crippen LogP contribution in [0.15, 0.2) is 28.7 Å². The molecule has 1 aliphatic rings. The van der Waals surface area contributed by atoms with Crippen molar-refractivity contribution >= 4 is 12.2 Å². The van der Waals surface area contributed by atoms with E-state index >= 15 is 0 Å². The molecule has 5 heteroatoms. The number of nitrogens with zero attached hydrogens (tertiary/aromatic N) is 3. The molecule has 118 valence electrons. The second-order valence-electron chi connectivity index (χ2n) is 6.37. The van der Waals surface area contributed by atoms with Crippen LogP contribution in [0.25, 0.3) is 0 Å². The number of aryl methyl sites for hydroxylation is 1. The summed E-state index contributed by atoms with van der Waals surface area (Å²) in [5, 5.41) is 4.50. The average Bonchev–Trinajstić information content (AvgIpc) is 2.88. The van der Waals surface area contributed by atoms with Gasteiger partial charge < -0.3 is 4.42 Å². The quantitative estimate of drug-likeness (QED) is 0.788. The molecule has 0 unspecified atom stereocenters. The summed E-state index contributed by atoms with van der Waals surface area (Å²) in [6, 6.07) is 9.17. The van der Waals surface area contributed by atoms with Crippen molar-refractivity contribution < 1.29 is 4.42 Å². The zero-order valence-electron chi connectivity index (χ0n) is 13.5. The monoisotopic (exact) mass is 317 g/mol. The van der Waals surface area contributed by atoms with E-state index in [9.17, 15) is 0 Å². The second-order valence-corrected chi connectivity index (χ2v) is 6.71. The van der Waals surface area contributed by atoms with Gasteiger partial charge in [-0.25, -0.2) is 4.68 Å². The van der Waals surface area contributed by atoms with Crippen LogP contribution >= 0.6 is 12.2 Å².